The first kappa shape index (κ1) is 21.2. The lowest BCUT2D eigenvalue weighted by Gasteiger charge is -2.34. The zero-order valence-electron chi connectivity index (χ0n) is 17.6. The van der Waals surface area contributed by atoms with Gasteiger partial charge >= 0.3 is 12.0 Å². The highest BCUT2D eigenvalue weighted by molar-refractivity contribution is 5.95. The van der Waals surface area contributed by atoms with E-state index in [9.17, 15) is 9.59 Å². The highest BCUT2D eigenvalue weighted by atomic mass is 16.5. The van der Waals surface area contributed by atoms with Crippen LogP contribution in [0.3, 0.4) is 0 Å². The Bertz CT molecular complexity index is 952. The quantitative estimate of drug-likeness (QED) is 0.706. The van der Waals surface area contributed by atoms with Crippen molar-refractivity contribution >= 4 is 12.0 Å². The largest absolute Gasteiger partial charge is 0.497 e. The number of methoxy groups -OCH3 is 1. The fraction of sp³-hybridized carbons (Fsp3) is 0.304. The molecule has 3 rings (SSSR count). The molecule has 0 radical (unpaired) electrons. The van der Waals surface area contributed by atoms with Gasteiger partial charge in [0.15, 0.2) is 0 Å². The molecule has 0 spiro atoms. The number of ether oxygens (including phenoxy) is 3. The number of hydrogen-bond acceptors (Lipinski definition) is 5. The molecule has 1 atom stereocenters. The van der Waals surface area contributed by atoms with E-state index in [2.05, 4.69) is 5.32 Å². The van der Waals surface area contributed by atoms with Gasteiger partial charge in [-0.15, -0.1) is 0 Å². The van der Waals surface area contributed by atoms with Gasteiger partial charge in [0.1, 0.15) is 18.1 Å². The molecule has 1 heterocycles. The molecule has 1 N–H and O–H groups in total. The molecule has 0 saturated heterocycles. The topological polar surface area (TPSA) is 77.1 Å². The van der Waals surface area contributed by atoms with Crippen LogP contribution in [0, 0.1) is 6.92 Å². The second-order valence-corrected chi connectivity index (χ2v) is 6.90. The van der Waals surface area contributed by atoms with Crippen molar-refractivity contribution in [1.29, 1.82) is 0 Å². The zero-order chi connectivity index (χ0) is 21.7. The van der Waals surface area contributed by atoms with Gasteiger partial charge in [-0.1, -0.05) is 29.8 Å². The number of likely N-dealkylation sites (N-methyl/N-ethyl adjacent to an activating group) is 1. The number of hydrogen-bond donors (Lipinski definition) is 1. The summed E-state index contributed by atoms with van der Waals surface area (Å²) in [5.41, 5.74) is 2.61. The number of aryl methyl sites for hydroxylation is 1. The molecular formula is C23H26N2O5. The highest BCUT2D eigenvalue weighted by Gasteiger charge is 2.37. The zero-order valence-corrected chi connectivity index (χ0v) is 17.6. The molecule has 2 amide bonds. The molecule has 30 heavy (non-hydrogen) atoms. The third kappa shape index (κ3) is 4.56. The van der Waals surface area contributed by atoms with Crippen LogP contribution in [-0.2, 0) is 9.53 Å². The second kappa shape index (κ2) is 9.35. The van der Waals surface area contributed by atoms with Gasteiger partial charge in [0.2, 0.25) is 0 Å². The van der Waals surface area contributed by atoms with Crippen LogP contribution in [-0.4, -0.2) is 44.3 Å². The van der Waals surface area contributed by atoms with Crippen LogP contribution in [0.25, 0.3) is 0 Å². The minimum Gasteiger partial charge on any atom is -0.497 e. The van der Waals surface area contributed by atoms with E-state index in [1.54, 1.807) is 33.2 Å². The molecule has 0 saturated carbocycles. The van der Waals surface area contributed by atoms with Gasteiger partial charge in [0.05, 0.1) is 31.0 Å². The lowest BCUT2D eigenvalue weighted by atomic mass is 9.94. The van der Waals surface area contributed by atoms with E-state index in [-0.39, 0.29) is 19.2 Å². The van der Waals surface area contributed by atoms with Crippen molar-refractivity contribution in [2.24, 2.45) is 0 Å². The van der Waals surface area contributed by atoms with Gasteiger partial charge in [-0.05, 0) is 43.7 Å². The van der Waals surface area contributed by atoms with E-state index in [1.807, 2.05) is 43.3 Å². The Morgan fingerprint density at radius 1 is 1.13 bits per heavy atom. The first-order valence-corrected chi connectivity index (χ1v) is 9.72. The summed E-state index contributed by atoms with van der Waals surface area (Å²) in [5, 5.41) is 2.88. The summed E-state index contributed by atoms with van der Waals surface area (Å²) in [6.45, 7) is 3.99. The maximum absolute atomic E-state index is 12.9. The predicted octanol–water partition coefficient (Wildman–Crippen LogP) is 3.60. The molecule has 1 aliphatic rings. The van der Waals surface area contributed by atoms with Gasteiger partial charge in [-0.2, -0.15) is 0 Å². The number of amides is 2. The van der Waals surface area contributed by atoms with Crippen molar-refractivity contribution in [3.8, 4) is 11.5 Å². The Labute approximate surface area is 176 Å². The number of urea groups is 1. The van der Waals surface area contributed by atoms with E-state index in [4.69, 9.17) is 14.2 Å². The summed E-state index contributed by atoms with van der Waals surface area (Å²) in [4.78, 5) is 27.0. The Morgan fingerprint density at radius 2 is 1.87 bits per heavy atom. The van der Waals surface area contributed by atoms with Gasteiger partial charge in [0.25, 0.3) is 0 Å². The van der Waals surface area contributed by atoms with Gasteiger partial charge in [0, 0.05) is 7.05 Å². The number of nitrogens with zero attached hydrogens (tertiary/aromatic N) is 1. The van der Waals surface area contributed by atoms with E-state index >= 15 is 0 Å². The predicted molar refractivity (Wildman–Crippen MR) is 112 cm³/mol. The molecule has 0 aliphatic carbocycles. The van der Waals surface area contributed by atoms with Crippen molar-refractivity contribution in [2.75, 3.05) is 27.4 Å². The maximum Gasteiger partial charge on any atom is 0.338 e. The number of rotatable bonds is 7. The Balaban J connectivity index is 2.03. The summed E-state index contributed by atoms with van der Waals surface area (Å²) < 4.78 is 16.5. The fourth-order valence-electron chi connectivity index (χ4n) is 3.24. The van der Waals surface area contributed by atoms with Crippen LogP contribution in [0.15, 0.2) is 59.8 Å². The van der Waals surface area contributed by atoms with E-state index in [0.717, 1.165) is 5.56 Å². The Morgan fingerprint density at radius 3 is 2.53 bits per heavy atom. The summed E-state index contributed by atoms with van der Waals surface area (Å²) in [6.07, 6.45) is 0. The van der Waals surface area contributed by atoms with Crippen molar-refractivity contribution < 1.29 is 23.8 Å². The SMILES string of the molecule is CCOC(=O)C1=C(COc2ccc(C)cc2)N(C)C(=O)NC1c1cccc(OC)c1. The molecule has 7 nitrogen and oxygen atoms in total. The van der Waals surface area contributed by atoms with Crippen LogP contribution in [0.5, 0.6) is 11.5 Å². The molecule has 158 valence electrons. The molecule has 2 aromatic carbocycles. The lowest BCUT2D eigenvalue weighted by Crippen LogP contribution is -2.48. The Kier molecular flexibility index (Phi) is 6.61. The number of esters is 1. The normalized spacial score (nSPS) is 16.2. The van der Waals surface area contributed by atoms with Crippen LogP contribution in [0.1, 0.15) is 24.1 Å². The number of benzene rings is 2. The number of carbonyl (C=O) groups is 2. The molecule has 1 aliphatic heterocycles. The lowest BCUT2D eigenvalue weighted by molar-refractivity contribution is -0.139. The smallest absolute Gasteiger partial charge is 0.338 e. The maximum atomic E-state index is 12.9. The highest BCUT2D eigenvalue weighted by Crippen LogP contribution is 2.32. The third-order valence-corrected chi connectivity index (χ3v) is 4.90. The summed E-state index contributed by atoms with van der Waals surface area (Å²) in [5.74, 6) is 0.773. The molecule has 0 aromatic heterocycles. The molecule has 1 unspecified atom stereocenters. The van der Waals surface area contributed by atoms with Crippen LogP contribution < -0.4 is 14.8 Å². The van der Waals surface area contributed by atoms with Crippen molar-refractivity contribution in [3.63, 3.8) is 0 Å². The first-order valence-electron chi connectivity index (χ1n) is 9.72. The number of nitrogens with one attached hydrogen (secondary N) is 1. The van der Waals surface area contributed by atoms with E-state index in [1.165, 1.54) is 4.90 Å². The summed E-state index contributed by atoms with van der Waals surface area (Å²) in [6, 6.07) is 13.8. The molecule has 0 bridgehead atoms. The fourth-order valence-corrected chi connectivity index (χ4v) is 3.24. The third-order valence-electron chi connectivity index (χ3n) is 4.90. The summed E-state index contributed by atoms with van der Waals surface area (Å²) in [7, 11) is 3.17. The molecule has 7 heteroatoms. The number of carbonyl (C=O) groups excluding carboxylic acids is 2. The minimum absolute atomic E-state index is 0.0433. The van der Waals surface area contributed by atoms with Crippen LogP contribution >= 0.6 is 0 Å². The van der Waals surface area contributed by atoms with Crippen LogP contribution in [0.2, 0.25) is 0 Å². The van der Waals surface area contributed by atoms with Crippen LogP contribution in [0.4, 0.5) is 4.79 Å². The van der Waals surface area contributed by atoms with Crippen molar-refractivity contribution in [2.45, 2.75) is 19.9 Å². The van der Waals surface area contributed by atoms with Gasteiger partial charge < -0.3 is 19.5 Å². The summed E-state index contributed by atoms with van der Waals surface area (Å²) >= 11 is 0. The second-order valence-electron chi connectivity index (χ2n) is 6.90. The molecule has 2 aromatic rings. The monoisotopic (exact) mass is 410 g/mol. The standard InChI is InChI=1S/C23H26N2O5/c1-5-29-22(26)20-19(14-30-17-11-9-15(2)10-12-17)25(3)23(27)24-21(20)16-7-6-8-18(13-16)28-4/h6-13,21H,5,14H2,1-4H3,(H,24,27). The van der Waals surface area contributed by atoms with Crippen molar-refractivity contribution in [3.05, 3.63) is 70.9 Å². The molecular weight excluding hydrogens is 384 g/mol. The van der Waals surface area contributed by atoms with Gasteiger partial charge in [-0.25, -0.2) is 9.59 Å². The minimum atomic E-state index is -0.681. The average Bonchev–Trinajstić information content (AvgIpc) is 2.75. The Hall–Kier alpha value is -3.48. The first-order chi connectivity index (χ1) is 14.4. The van der Waals surface area contributed by atoms with Crippen molar-refractivity contribution in [1.82, 2.24) is 10.2 Å². The van der Waals surface area contributed by atoms with E-state index < -0.39 is 12.0 Å². The van der Waals surface area contributed by atoms with E-state index in [0.29, 0.717) is 28.3 Å². The molecule has 0 fully saturated rings. The van der Waals surface area contributed by atoms with Gasteiger partial charge in [-0.3, -0.25) is 4.90 Å². The average molecular weight is 410 g/mol.